The molecule has 2 unspecified atom stereocenters. The zero-order valence-corrected chi connectivity index (χ0v) is 12.4. The van der Waals surface area contributed by atoms with Crippen LogP contribution in [-0.2, 0) is 4.74 Å². The van der Waals surface area contributed by atoms with Crippen LogP contribution in [-0.4, -0.2) is 26.9 Å². The summed E-state index contributed by atoms with van der Waals surface area (Å²) in [6, 6.07) is 6.08. The fraction of sp³-hybridized carbons (Fsp3) is 0.600. The van der Waals surface area contributed by atoms with Gasteiger partial charge in [-0.05, 0) is 43.5 Å². The van der Waals surface area contributed by atoms with E-state index in [1.165, 1.54) is 0 Å². The number of halogens is 1. The lowest BCUT2D eigenvalue weighted by molar-refractivity contribution is 0.181. The van der Waals surface area contributed by atoms with Gasteiger partial charge in [0.05, 0.1) is 7.11 Å². The molecule has 2 atom stereocenters. The first-order chi connectivity index (χ1) is 9.24. The number of ether oxygens (including phenoxy) is 2. The third-order valence-corrected chi connectivity index (χ3v) is 3.85. The third-order valence-electron chi connectivity index (χ3n) is 3.61. The number of methoxy groups -OCH3 is 1. The fourth-order valence-corrected chi connectivity index (χ4v) is 2.83. The fourth-order valence-electron chi connectivity index (χ4n) is 2.65. The van der Waals surface area contributed by atoms with Crippen molar-refractivity contribution in [3.63, 3.8) is 0 Å². The minimum absolute atomic E-state index is 0.269. The van der Waals surface area contributed by atoms with Gasteiger partial charge in [-0.15, -0.1) is 0 Å². The van der Waals surface area contributed by atoms with Gasteiger partial charge in [-0.3, -0.25) is 0 Å². The summed E-state index contributed by atoms with van der Waals surface area (Å²) in [6.07, 6.45) is 2.20. The van der Waals surface area contributed by atoms with Crippen LogP contribution in [0.5, 0.6) is 5.75 Å². The van der Waals surface area contributed by atoms with Gasteiger partial charge in [-0.1, -0.05) is 18.5 Å². The highest BCUT2D eigenvalue weighted by Crippen LogP contribution is 2.33. The van der Waals surface area contributed by atoms with E-state index < -0.39 is 0 Å². The Kier molecular flexibility index (Phi) is 5.49. The smallest absolute Gasteiger partial charge is 0.123 e. The zero-order valence-electron chi connectivity index (χ0n) is 11.6. The molecule has 19 heavy (non-hydrogen) atoms. The van der Waals surface area contributed by atoms with Gasteiger partial charge in [0.25, 0.3) is 0 Å². The van der Waals surface area contributed by atoms with Crippen LogP contribution in [0.4, 0.5) is 0 Å². The quantitative estimate of drug-likeness (QED) is 0.868. The van der Waals surface area contributed by atoms with E-state index in [1.807, 2.05) is 18.2 Å². The maximum absolute atomic E-state index is 6.13. The SMILES string of the molecule is CCNC(CC1CCOC1)c1cc(Cl)ccc1OC. The molecule has 0 aliphatic carbocycles. The highest BCUT2D eigenvalue weighted by atomic mass is 35.5. The Morgan fingerprint density at radius 3 is 3.00 bits per heavy atom. The van der Waals surface area contributed by atoms with Crippen molar-refractivity contribution in [1.82, 2.24) is 5.32 Å². The molecule has 0 bridgehead atoms. The van der Waals surface area contributed by atoms with Gasteiger partial charge in [-0.2, -0.15) is 0 Å². The summed E-state index contributed by atoms with van der Waals surface area (Å²) in [4.78, 5) is 0. The van der Waals surface area contributed by atoms with Crippen molar-refractivity contribution >= 4 is 11.6 Å². The van der Waals surface area contributed by atoms with Crippen molar-refractivity contribution in [2.75, 3.05) is 26.9 Å². The number of nitrogens with one attached hydrogen (secondary N) is 1. The summed E-state index contributed by atoms with van der Waals surface area (Å²) in [5.74, 6) is 1.52. The lowest BCUT2D eigenvalue weighted by Crippen LogP contribution is -2.24. The molecule has 1 N–H and O–H groups in total. The molecule has 4 heteroatoms. The minimum Gasteiger partial charge on any atom is -0.496 e. The van der Waals surface area contributed by atoms with Gasteiger partial charge in [0.1, 0.15) is 5.75 Å². The van der Waals surface area contributed by atoms with E-state index in [4.69, 9.17) is 21.1 Å². The molecule has 0 amide bonds. The van der Waals surface area contributed by atoms with Gasteiger partial charge >= 0.3 is 0 Å². The summed E-state index contributed by atoms with van der Waals surface area (Å²) in [5, 5.41) is 4.28. The molecular formula is C15H22ClNO2. The maximum atomic E-state index is 6.13. The van der Waals surface area contributed by atoms with E-state index in [-0.39, 0.29) is 6.04 Å². The molecule has 1 fully saturated rings. The number of benzene rings is 1. The lowest BCUT2D eigenvalue weighted by atomic mass is 9.93. The zero-order chi connectivity index (χ0) is 13.7. The first kappa shape index (κ1) is 14.6. The normalized spacial score (nSPS) is 20.5. The first-order valence-electron chi connectivity index (χ1n) is 6.89. The molecule has 1 aliphatic heterocycles. The second-order valence-corrected chi connectivity index (χ2v) is 5.40. The highest BCUT2D eigenvalue weighted by molar-refractivity contribution is 6.30. The average Bonchev–Trinajstić information content (AvgIpc) is 2.91. The molecule has 1 saturated heterocycles. The van der Waals surface area contributed by atoms with Crippen molar-refractivity contribution in [1.29, 1.82) is 0 Å². The summed E-state index contributed by atoms with van der Waals surface area (Å²) in [7, 11) is 1.70. The maximum Gasteiger partial charge on any atom is 0.123 e. The predicted octanol–water partition coefficient (Wildman–Crippen LogP) is 3.43. The third kappa shape index (κ3) is 3.85. The Labute approximate surface area is 120 Å². The van der Waals surface area contributed by atoms with Crippen molar-refractivity contribution in [3.05, 3.63) is 28.8 Å². The second kappa shape index (κ2) is 7.13. The molecule has 1 aromatic carbocycles. The van der Waals surface area contributed by atoms with Crippen LogP contribution in [0.3, 0.4) is 0 Å². The van der Waals surface area contributed by atoms with Crippen molar-refractivity contribution < 1.29 is 9.47 Å². The lowest BCUT2D eigenvalue weighted by Gasteiger charge is -2.23. The number of hydrogen-bond acceptors (Lipinski definition) is 3. The van der Waals surface area contributed by atoms with Gasteiger partial charge < -0.3 is 14.8 Å². The van der Waals surface area contributed by atoms with Gasteiger partial charge in [0.15, 0.2) is 0 Å². The molecule has 1 aromatic rings. The van der Waals surface area contributed by atoms with E-state index in [0.717, 1.165) is 48.9 Å². The van der Waals surface area contributed by atoms with E-state index in [1.54, 1.807) is 7.11 Å². The molecule has 1 aliphatic rings. The average molecular weight is 284 g/mol. The molecular weight excluding hydrogens is 262 g/mol. The van der Waals surface area contributed by atoms with Crippen molar-refractivity contribution in [3.8, 4) is 5.75 Å². The largest absolute Gasteiger partial charge is 0.496 e. The summed E-state index contributed by atoms with van der Waals surface area (Å²) in [5.41, 5.74) is 1.14. The summed E-state index contributed by atoms with van der Waals surface area (Å²) < 4.78 is 10.9. The Balaban J connectivity index is 2.18. The summed E-state index contributed by atoms with van der Waals surface area (Å²) in [6.45, 7) is 4.80. The van der Waals surface area contributed by atoms with Crippen LogP contribution in [0.1, 0.15) is 31.4 Å². The van der Waals surface area contributed by atoms with E-state index in [2.05, 4.69) is 12.2 Å². The highest BCUT2D eigenvalue weighted by Gasteiger charge is 2.23. The molecule has 0 spiro atoms. The van der Waals surface area contributed by atoms with Crippen LogP contribution in [0.2, 0.25) is 5.02 Å². The Morgan fingerprint density at radius 1 is 1.53 bits per heavy atom. The summed E-state index contributed by atoms with van der Waals surface area (Å²) >= 11 is 6.13. The van der Waals surface area contributed by atoms with Crippen LogP contribution < -0.4 is 10.1 Å². The second-order valence-electron chi connectivity index (χ2n) is 4.96. The van der Waals surface area contributed by atoms with Gasteiger partial charge in [0.2, 0.25) is 0 Å². The monoisotopic (exact) mass is 283 g/mol. The molecule has 0 radical (unpaired) electrons. The van der Waals surface area contributed by atoms with Gasteiger partial charge in [0, 0.05) is 29.8 Å². The first-order valence-corrected chi connectivity index (χ1v) is 7.27. The van der Waals surface area contributed by atoms with Crippen LogP contribution in [0.15, 0.2) is 18.2 Å². The van der Waals surface area contributed by atoms with Crippen LogP contribution in [0.25, 0.3) is 0 Å². The minimum atomic E-state index is 0.269. The molecule has 2 rings (SSSR count). The topological polar surface area (TPSA) is 30.5 Å². The van der Waals surface area contributed by atoms with Gasteiger partial charge in [-0.25, -0.2) is 0 Å². The van der Waals surface area contributed by atoms with Crippen molar-refractivity contribution in [2.24, 2.45) is 5.92 Å². The molecule has 0 aromatic heterocycles. The van der Waals surface area contributed by atoms with Crippen molar-refractivity contribution in [2.45, 2.75) is 25.8 Å². The molecule has 106 valence electrons. The Bertz CT molecular complexity index is 405. The van der Waals surface area contributed by atoms with E-state index in [0.29, 0.717) is 5.92 Å². The Morgan fingerprint density at radius 2 is 2.37 bits per heavy atom. The number of rotatable bonds is 6. The molecule has 0 saturated carbocycles. The predicted molar refractivity (Wildman–Crippen MR) is 78.0 cm³/mol. The number of hydrogen-bond donors (Lipinski definition) is 1. The van der Waals surface area contributed by atoms with E-state index in [9.17, 15) is 0 Å². The van der Waals surface area contributed by atoms with Crippen LogP contribution in [0, 0.1) is 5.92 Å². The molecule has 3 nitrogen and oxygen atoms in total. The van der Waals surface area contributed by atoms with Crippen LogP contribution >= 0.6 is 11.6 Å². The van der Waals surface area contributed by atoms with E-state index >= 15 is 0 Å². The molecule has 1 heterocycles. The Hall–Kier alpha value is -0.770. The standard InChI is InChI=1S/C15H22ClNO2/c1-3-17-14(8-11-6-7-19-10-11)13-9-12(16)4-5-15(13)18-2/h4-5,9,11,14,17H,3,6-8,10H2,1-2H3.